The Kier molecular flexibility index (Phi) is 6.76. The third kappa shape index (κ3) is 5.53. The predicted octanol–water partition coefficient (Wildman–Crippen LogP) is 1.91. The first kappa shape index (κ1) is 21.7. The number of ether oxygens (including phenoxy) is 1. The van der Waals surface area contributed by atoms with E-state index in [-0.39, 0.29) is 36.8 Å². The third-order valence-corrected chi connectivity index (χ3v) is 4.60. The highest BCUT2D eigenvalue weighted by Gasteiger charge is 2.30. The van der Waals surface area contributed by atoms with Crippen molar-refractivity contribution in [2.45, 2.75) is 32.4 Å². The van der Waals surface area contributed by atoms with Crippen LogP contribution in [0.2, 0.25) is 0 Å². The molecule has 1 heterocycles. The number of carbonyl (C=O) groups is 5. The fraction of sp³-hybridized carbons (Fsp3) is 0.227. The van der Waals surface area contributed by atoms with Gasteiger partial charge in [-0.25, -0.2) is 9.59 Å². The minimum Gasteiger partial charge on any atom is -0.449 e. The SMILES string of the molecule is CC(OC(=O)c1ccc(N2C(=O)CCC2=O)cc1)C(=O)NC(=O)NCc1ccccc1. The maximum absolute atomic E-state index is 12.3. The van der Waals surface area contributed by atoms with E-state index in [9.17, 15) is 24.0 Å². The van der Waals surface area contributed by atoms with Crippen molar-refractivity contribution in [3.05, 3.63) is 65.7 Å². The highest BCUT2D eigenvalue weighted by atomic mass is 16.5. The van der Waals surface area contributed by atoms with Gasteiger partial charge in [0.15, 0.2) is 6.10 Å². The molecule has 160 valence electrons. The molecule has 0 spiro atoms. The Morgan fingerprint density at radius 3 is 2.19 bits per heavy atom. The number of carbonyl (C=O) groups excluding carboxylic acids is 5. The molecule has 1 atom stereocenters. The first-order chi connectivity index (χ1) is 14.8. The summed E-state index contributed by atoms with van der Waals surface area (Å²) in [6.45, 7) is 1.58. The Morgan fingerprint density at radius 1 is 0.968 bits per heavy atom. The van der Waals surface area contributed by atoms with E-state index in [0.29, 0.717) is 5.69 Å². The first-order valence-electron chi connectivity index (χ1n) is 9.64. The molecule has 0 aromatic heterocycles. The maximum Gasteiger partial charge on any atom is 0.338 e. The summed E-state index contributed by atoms with van der Waals surface area (Å²) < 4.78 is 5.09. The molecule has 1 aliphatic rings. The number of esters is 1. The average molecular weight is 423 g/mol. The van der Waals surface area contributed by atoms with Crippen LogP contribution in [0.15, 0.2) is 54.6 Å². The molecule has 3 rings (SSSR count). The number of rotatable bonds is 6. The Bertz CT molecular complexity index is 988. The van der Waals surface area contributed by atoms with Crippen LogP contribution in [0, 0.1) is 0 Å². The van der Waals surface area contributed by atoms with Gasteiger partial charge in [-0.1, -0.05) is 30.3 Å². The lowest BCUT2D eigenvalue weighted by atomic mass is 10.2. The smallest absolute Gasteiger partial charge is 0.338 e. The number of benzene rings is 2. The van der Waals surface area contributed by atoms with Gasteiger partial charge in [-0.2, -0.15) is 0 Å². The van der Waals surface area contributed by atoms with Crippen LogP contribution in [0.1, 0.15) is 35.7 Å². The molecule has 1 saturated heterocycles. The lowest BCUT2D eigenvalue weighted by Crippen LogP contribution is -2.44. The van der Waals surface area contributed by atoms with Gasteiger partial charge >= 0.3 is 12.0 Å². The van der Waals surface area contributed by atoms with E-state index in [0.717, 1.165) is 10.5 Å². The van der Waals surface area contributed by atoms with Crippen molar-refractivity contribution in [2.75, 3.05) is 4.90 Å². The molecule has 9 heteroatoms. The second-order valence-electron chi connectivity index (χ2n) is 6.87. The van der Waals surface area contributed by atoms with Crippen LogP contribution < -0.4 is 15.5 Å². The summed E-state index contributed by atoms with van der Waals surface area (Å²) in [4.78, 5) is 60.8. The van der Waals surface area contributed by atoms with Crippen LogP contribution in [-0.4, -0.2) is 35.8 Å². The van der Waals surface area contributed by atoms with Crippen LogP contribution in [-0.2, 0) is 25.7 Å². The number of nitrogens with one attached hydrogen (secondary N) is 2. The molecular formula is C22H21N3O6. The van der Waals surface area contributed by atoms with Crippen molar-refractivity contribution in [2.24, 2.45) is 0 Å². The summed E-state index contributed by atoms with van der Waals surface area (Å²) in [5.41, 5.74) is 1.37. The van der Waals surface area contributed by atoms with Gasteiger partial charge in [-0.05, 0) is 36.8 Å². The fourth-order valence-electron chi connectivity index (χ4n) is 2.93. The molecule has 2 aromatic carbocycles. The standard InChI is InChI=1S/C22H21N3O6/c1-14(20(28)24-22(30)23-13-15-5-3-2-4-6-15)31-21(29)16-7-9-17(10-8-16)25-18(26)11-12-19(25)27/h2-10,14H,11-13H2,1H3,(H2,23,24,28,30). The van der Waals surface area contributed by atoms with Gasteiger partial charge in [-0.15, -0.1) is 0 Å². The molecule has 0 bridgehead atoms. The molecule has 2 N–H and O–H groups in total. The Labute approximate surface area is 178 Å². The maximum atomic E-state index is 12.3. The number of hydrogen-bond acceptors (Lipinski definition) is 6. The molecule has 31 heavy (non-hydrogen) atoms. The Hall–Kier alpha value is -4.01. The first-order valence-corrected chi connectivity index (χ1v) is 9.64. The number of amides is 5. The number of urea groups is 1. The molecule has 9 nitrogen and oxygen atoms in total. The normalized spacial score (nSPS) is 14.2. The van der Waals surface area contributed by atoms with E-state index in [1.807, 2.05) is 30.3 Å². The molecule has 2 aromatic rings. The summed E-state index contributed by atoms with van der Waals surface area (Å²) in [5.74, 6) is -2.14. The Balaban J connectivity index is 1.50. The van der Waals surface area contributed by atoms with Crippen molar-refractivity contribution in [1.29, 1.82) is 0 Å². The summed E-state index contributed by atoms with van der Waals surface area (Å²) in [6.07, 6.45) is -0.890. The number of nitrogens with zero attached hydrogens (tertiary/aromatic N) is 1. The van der Waals surface area contributed by atoms with Gasteiger partial charge in [-0.3, -0.25) is 24.6 Å². The van der Waals surface area contributed by atoms with Gasteiger partial charge in [0.05, 0.1) is 11.3 Å². The highest BCUT2D eigenvalue weighted by molar-refractivity contribution is 6.19. The minimum atomic E-state index is -1.21. The van der Waals surface area contributed by atoms with E-state index in [2.05, 4.69) is 10.6 Å². The molecule has 1 unspecified atom stereocenters. The zero-order chi connectivity index (χ0) is 22.4. The molecule has 5 amide bonds. The van der Waals surface area contributed by atoms with Crippen molar-refractivity contribution in [3.63, 3.8) is 0 Å². The molecule has 1 aliphatic heterocycles. The summed E-state index contributed by atoms with van der Waals surface area (Å²) >= 11 is 0. The van der Waals surface area contributed by atoms with E-state index >= 15 is 0 Å². The van der Waals surface area contributed by atoms with Gasteiger partial charge in [0.1, 0.15) is 0 Å². The topological polar surface area (TPSA) is 122 Å². The largest absolute Gasteiger partial charge is 0.449 e. The monoisotopic (exact) mass is 423 g/mol. The molecule has 0 radical (unpaired) electrons. The van der Waals surface area contributed by atoms with Gasteiger partial charge in [0.2, 0.25) is 11.8 Å². The Morgan fingerprint density at radius 2 is 1.58 bits per heavy atom. The number of hydrogen-bond donors (Lipinski definition) is 2. The fourth-order valence-corrected chi connectivity index (χ4v) is 2.93. The van der Waals surface area contributed by atoms with Crippen LogP contribution in [0.3, 0.4) is 0 Å². The van der Waals surface area contributed by atoms with E-state index < -0.39 is 24.0 Å². The number of anilines is 1. The van der Waals surface area contributed by atoms with Crippen molar-refractivity contribution in [1.82, 2.24) is 10.6 Å². The lowest BCUT2D eigenvalue weighted by molar-refractivity contribution is -0.128. The van der Waals surface area contributed by atoms with Crippen LogP contribution in [0.5, 0.6) is 0 Å². The van der Waals surface area contributed by atoms with Crippen molar-refractivity contribution < 1.29 is 28.7 Å². The zero-order valence-electron chi connectivity index (χ0n) is 16.8. The molecule has 0 aliphatic carbocycles. The number of imide groups is 2. The molecule has 1 fully saturated rings. The van der Waals surface area contributed by atoms with Gasteiger partial charge in [0, 0.05) is 19.4 Å². The van der Waals surface area contributed by atoms with E-state index in [1.165, 1.54) is 31.2 Å². The molecule has 0 saturated carbocycles. The molecular weight excluding hydrogens is 402 g/mol. The van der Waals surface area contributed by atoms with E-state index in [1.54, 1.807) is 0 Å². The second kappa shape index (κ2) is 9.66. The predicted molar refractivity (Wildman–Crippen MR) is 110 cm³/mol. The van der Waals surface area contributed by atoms with E-state index in [4.69, 9.17) is 4.74 Å². The van der Waals surface area contributed by atoms with Crippen LogP contribution >= 0.6 is 0 Å². The van der Waals surface area contributed by atoms with Crippen molar-refractivity contribution >= 4 is 35.4 Å². The quantitative estimate of drug-likeness (QED) is 0.541. The summed E-state index contributed by atoms with van der Waals surface area (Å²) in [7, 11) is 0. The highest BCUT2D eigenvalue weighted by Crippen LogP contribution is 2.23. The minimum absolute atomic E-state index is 0.135. The zero-order valence-corrected chi connectivity index (χ0v) is 16.8. The average Bonchev–Trinajstić information content (AvgIpc) is 3.11. The summed E-state index contributed by atoms with van der Waals surface area (Å²) in [6, 6.07) is 14.2. The van der Waals surface area contributed by atoms with Crippen molar-refractivity contribution in [3.8, 4) is 0 Å². The third-order valence-electron chi connectivity index (χ3n) is 4.60. The summed E-state index contributed by atoms with van der Waals surface area (Å²) in [5, 5.41) is 4.65. The van der Waals surface area contributed by atoms with Gasteiger partial charge in [0.25, 0.3) is 5.91 Å². The second-order valence-corrected chi connectivity index (χ2v) is 6.87. The van der Waals surface area contributed by atoms with Crippen LogP contribution in [0.25, 0.3) is 0 Å². The van der Waals surface area contributed by atoms with Crippen LogP contribution in [0.4, 0.5) is 10.5 Å². The van der Waals surface area contributed by atoms with Gasteiger partial charge < -0.3 is 10.1 Å². The lowest BCUT2D eigenvalue weighted by Gasteiger charge is -2.15.